The van der Waals surface area contributed by atoms with Gasteiger partial charge in [0.05, 0.1) is 25.4 Å². The molecule has 4 N–H and O–H groups in total. The number of aryl methyl sites for hydroxylation is 1. The van der Waals surface area contributed by atoms with E-state index < -0.39 is 6.04 Å². The maximum Gasteiger partial charge on any atom is 0.243 e. The summed E-state index contributed by atoms with van der Waals surface area (Å²) >= 11 is 0. The highest BCUT2D eigenvalue weighted by Crippen LogP contribution is 2.24. The van der Waals surface area contributed by atoms with Crippen molar-refractivity contribution in [1.82, 2.24) is 5.32 Å². The molecule has 0 saturated carbocycles. The molecule has 0 unspecified atom stereocenters. The Kier molecular flexibility index (Phi) is 6.17. The van der Waals surface area contributed by atoms with Crippen molar-refractivity contribution in [2.45, 2.75) is 26.8 Å². The van der Waals surface area contributed by atoms with Gasteiger partial charge >= 0.3 is 0 Å². The fraction of sp³-hybridized carbons (Fsp3) is 0.467. The van der Waals surface area contributed by atoms with Crippen molar-refractivity contribution in [3.63, 3.8) is 0 Å². The average molecular weight is 293 g/mol. The molecule has 0 heterocycles. The van der Waals surface area contributed by atoms with E-state index in [0.717, 1.165) is 5.56 Å². The van der Waals surface area contributed by atoms with Gasteiger partial charge in [-0.25, -0.2) is 0 Å². The van der Waals surface area contributed by atoms with Gasteiger partial charge in [-0.15, -0.1) is 0 Å². The van der Waals surface area contributed by atoms with E-state index >= 15 is 0 Å². The normalized spacial score (nSPS) is 11.9. The third-order valence-electron chi connectivity index (χ3n) is 3.08. The van der Waals surface area contributed by atoms with Crippen molar-refractivity contribution in [1.29, 1.82) is 0 Å². The molecule has 0 radical (unpaired) electrons. The first-order valence-electron chi connectivity index (χ1n) is 6.83. The molecule has 0 spiro atoms. The third kappa shape index (κ3) is 5.07. The second kappa shape index (κ2) is 7.64. The van der Waals surface area contributed by atoms with Crippen molar-refractivity contribution in [2.75, 3.05) is 19.0 Å². The summed E-state index contributed by atoms with van der Waals surface area (Å²) in [5.41, 5.74) is 7.29. The quantitative estimate of drug-likeness (QED) is 0.730. The van der Waals surface area contributed by atoms with E-state index in [4.69, 9.17) is 10.5 Å². The highest BCUT2D eigenvalue weighted by molar-refractivity contribution is 5.96. The zero-order chi connectivity index (χ0) is 16.0. The van der Waals surface area contributed by atoms with Crippen LogP contribution in [-0.4, -0.2) is 31.5 Å². The van der Waals surface area contributed by atoms with Crippen LogP contribution in [0.25, 0.3) is 0 Å². The Labute approximate surface area is 125 Å². The van der Waals surface area contributed by atoms with E-state index in [-0.39, 0.29) is 24.3 Å². The van der Waals surface area contributed by atoms with Gasteiger partial charge in [0.15, 0.2) is 0 Å². The Morgan fingerprint density at radius 3 is 2.57 bits per heavy atom. The molecule has 0 aliphatic heterocycles. The molecule has 2 amide bonds. The van der Waals surface area contributed by atoms with Crippen LogP contribution < -0.4 is 21.1 Å². The molecule has 6 nitrogen and oxygen atoms in total. The summed E-state index contributed by atoms with van der Waals surface area (Å²) in [5.74, 6) is -0.0729. The molecular formula is C15H23N3O3. The van der Waals surface area contributed by atoms with Crippen LogP contribution in [0.4, 0.5) is 5.69 Å². The van der Waals surface area contributed by atoms with Gasteiger partial charge in [-0.05, 0) is 30.5 Å². The van der Waals surface area contributed by atoms with E-state index in [2.05, 4.69) is 10.6 Å². The van der Waals surface area contributed by atoms with E-state index in [1.807, 2.05) is 32.9 Å². The maximum absolute atomic E-state index is 11.8. The third-order valence-corrected chi connectivity index (χ3v) is 3.08. The van der Waals surface area contributed by atoms with Crippen molar-refractivity contribution < 1.29 is 14.3 Å². The van der Waals surface area contributed by atoms with Crippen LogP contribution in [0, 0.1) is 12.8 Å². The number of rotatable bonds is 6. The molecule has 1 aromatic carbocycles. The number of nitrogens with one attached hydrogen (secondary N) is 2. The fourth-order valence-corrected chi connectivity index (χ4v) is 1.68. The summed E-state index contributed by atoms with van der Waals surface area (Å²) in [6.45, 7) is 5.50. The fourth-order valence-electron chi connectivity index (χ4n) is 1.68. The lowest BCUT2D eigenvalue weighted by Gasteiger charge is -2.15. The Morgan fingerprint density at radius 2 is 2.00 bits per heavy atom. The smallest absolute Gasteiger partial charge is 0.243 e. The van der Waals surface area contributed by atoms with Crippen molar-refractivity contribution in [3.8, 4) is 5.75 Å². The number of amides is 2. The first kappa shape index (κ1) is 17.0. The number of ether oxygens (including phenoxy) is 1. The van der Waals surface area contributed by atoms with Crippen molar-refractivity contribution in [3.05, 3.63) is 23.8 Å². The van der Waals surface area contributed by atoms with Gasteiger partial charge in [0.2, 0.25) is 11.8 Å². The van der Waals surface area contributed by atoms with Crippen LogP contribution in [0.2, 0.25) is 0 Å². The van der Waals surface area contributed by atoms with Gasteiger partial charge in [-0.2, -0.15) is 0 Å². The molecular weight excluding hydrogens is 270 g/mol. The Balaban J connectivity index is 2.57. The minimum Gasteiger partial charge on any atom is -0.495 e. The number of anilines is 1. The number of carbonyl (C=O) groups is 2. The number of carbonyl (C=O) groups excluding carboxylic acids is 2. The molecule has 0 aromatic heterocycles. The minimum atomic E-state index is -0.619. The molecule has 0 fully saturated rings. The van der Waals surface area contributed by atoms with Gasteiger partial charge in [0.1, 0.15) is 5.75 Å². The number of hydrogen-bond acceptors (Lipinski definition) is 4. The predicted octanol–water partition coefficient (Wildman–Crippen LogP) is 1.04. The van der Waals surface area contributed by atoms with E-state index in [9.17, 15) is 9.59 Å². The Bertz CT molecular complexity index is 515. The van der Waals surface area contributed by atoms with Crippen LogP contribution in [0.3, 0.4) is 0 Å². The molecule has 0 aliphatic carbocycles. The van der Waals surface area contributed by atoms with Gasteiger partial charge in [-0.1, -0.05) is 19.9 Å². The predicted molar refractivity (Wildman–Crippen MR) is 82.2 cm³/mol. The zero-order valence-electron chi connectivity index (χ0n) is 12.9. The molecule has 116 valence electrons. The average Bonchev–Trinajstić information content (AvgIpc) is 2.45. The number of benzene rings is 1. The van der Waals surface area contributed by atoms with Crippen LogP contribution in [-0.2, 0) is 9.59 Å². The summed E-state index contributed by atoms with van der Waals surface area (Å²) in [4.78, 5) is 23.5. The second-order valence-corrected chi connectivity index (χ2v) is 5.24. The molecule has 1 aromatic rings. The second-order valence-electron chi connectivity index (χ2n) is 5.24. The summed E-state index contributed by atoms with van der Waals surface area (Å²) in [5, 5.41) is 5.21. The van der Waals surface area contributed by atoms with Crippen LogP contribution in [0.15, 0.2) is 18.2 Å². The molecule has 1 rings (SSSR count). The Morgan fingerprint density at radius 1 is 1.33 bits per heavy atom. The number of nitrogens with two attached hydrogens (primary N) is 1. The number of methoxy groups -OCH3 is 1. The highest BCUT2D eigenvalue weighted by atomic mass is 16.5. The summed E-state index contributed by atoms with van der Waals surface area (Å²) in [6, 6.07) is 4.83. The van der Waals surface area contributed by atoms with Gasteiger partial charge in [0, 0.05) is 0 Å². The zero-order valence-corrected chi connectivity index (χ0v) is 12.9. The molecule has 1 atom stereocenters. The monoisotopic (exact) mass is 293 g/mol. The standard InChI is InChI=1S/C15H23N3O3/c1-9(2)14(16)15(20)17-8-13(19)18-11-6-5-10(3)7-12(11)21-4/h5-7,9,14H,8,16H2,1-4H3,(H,17,20)(H,18,19)/t14-/m0/s1. The van der Waals surface area contributed by atoms with Crippen molar-refractivity contribution in [2.24, 2.45) is 11.7 Å². The van der Waals surface area contributed by atoms with Crippen LogP contribution >= 0.6 is 0 Å². The first-order valence-corrected chi connectivity index (χ1v) is 6.83. The Hall–Kier alpha value is -2.08. The highest BCUT2D eigenvalue weighted by Gasteiger charge is 2.17. The molecule has 6 heteroatoms. The molecule has 0 saturated heterocycles. The summed E-state index contributed by atoms with van der Waals surface area (Å²) in [7, 11) is 1.54. The largest absolute Gasteiger partial charge is 0.495 e. The number of hydrogen-bond donors (Lipinski definition) is 3. The van der Waals surface area contributed by atoms with E-state index in [1.54, 1.807) is 6.07 Å². The summed E-state index contributed by atoms with van der Waals surface area (Å²) in [6.07, 6.45) is 0. The minimum absolute atomic E-state index is 0.0188. The lowest BCUT2D eigenvalue weighted by molar-refractivity contribution is -0.125. The molecule has 0 bridgehead atoms. The SMILES string of the molecule is COc1cc(C)ccc1NC(=O)CNC(=O)[C@@H](N)C(C)C. The molecule has 0 aliphatic rings. The topological polar surface area (TPSA) is 93.5 Å². The summed E-state index contributed by atoms with van der Waals surface area (Å²) < 4.78 is 5.20. The lowest BCUT2D eigenvalue weighted by atomic mass is 10.1. The first-order chi connectivity index (χ1) is 9.85. The van der Waals surface area contributed by atoms with Crippen LogP contribution in [0.5, 0.6) is 5.75 Å². The maximum atomic E-state index is 11.8. The van der Waals surface area contributed by atoms with Gasteiger partial charge in [-0.3, -0.25) is 9.59 Å². The lowest BCUT2D eigenvalue weighted by Crippen LogP contribution is -2.46. The molecule has 21 heavy (non-hydrogen) atoms. The van der Waals surface area contributed by atoms with E-state index in [1.165, 1.54) is 7.11 Å². The van der Waals surface area contributed by atoms with Crippen molar-refractivity contribution >= 4 is 17.5 Å². The van der Waals surface area contributed by atoms with E-state index in [0.29, 0.717) is 11.4 Å². The van der Waals surface area contributed by atoms with Crippen LogP contribution in [0.1, 0.15) is 19.4 Å². The van der Waals surface area contributed by atoms with Gasteiger partial charge < -0.3 is 21.1 Å². The van der Waals surface area contributed by atoms with Gasteiger partial charge in [0.25, 0.3) is 0 Å².